The third kappa shape index (κ3) is 2.87. The van der Waals surface area contributed by atoms with Crippen molar-refractivity contribution in [2.24, 2.45) is 0 Å². The molecule has 0 fully saturated rings. The van der Waals surface area contributed by atoms with E-state index in [0.29, 0.717) is 10.8 Å². The smallest absolute Gasteiger partial charge is 0.346 e. The Balaban J connectivity index is 0.000000245. The number of hydrogen-bond acceptors (Lipinski definition) is 5. The highest BCUT2D eigenvalue weighted by Crippen LogP contribution is 1.99. The summed E-state index contributed by atoms with van der Waals surface area (Å²) in [5.41, 5.74) is -1.15. The zero-order valence-corrected chi connectivity index (χ0v) is 7.84. The second kappa shape index (κ2) is 5.23. The summed E-state index contributed by atoms with van der Waals surface area (Å²) in [7, 11) is 0. The normalized spacial score (nSPS) is 9.73. The van der Waals surface area contributed by atoms with Gasteiger partial charge in [0.15, 0.2) is 0 Å². The predicted molar refractivity (Wildman–Crippen MR) is 54.1 cm³/mol. The lowest BCUT2D eigenvalue weighted by Gasteiger charge is -1.77. The largest absolute Gasteiger partial charge is 0.394 e. The Morgan fingerprint density at radius 3 is 1.47 bits per heavy atom. The summed E-state index contributed by atoms with van der Waals surface area (Å²) >= 11 is 0. The Morgan fingerprint density at radius 1 is 0.867 bits per heavy atom. The molecule has 0 aliphatic rings. The van der Waals surface area contributed by atoms with Gasteiger partial charge in [-0.1, -0.05) is 0 Å². The van der Waals surface area contributed by atoms with Gasteiger partial charge in [-0.05, 0) is 24.3 Å². The standard InChI is InChI=1S/C8H4O3.C2H6O2/c9-7-5-1-2-6(4-3-5)8(10)11-7;3-1-2-4/h1-4H;3-4H,1-2H2. The number of aliphatic hydroxyl groups is 2. The number of fused-ring (bicyclic) bond motifs is 4. The van der Waals surface area contributed by atoms with E-state index in [1.54, 1.807) is 24.3 Å². The highest BCUT2D eigenvalue weighted by atomic mass is 16.4. The molecule has 0 aliphatic carbocycles. The van der Waals surface area contributed by atoms with E-state index in [1.807, 2.05) is 0 Å². The van der Waals surface area contributed by atoms with Crippen molar-refractivity contribution in [2.45, 2.75) is 0 Å². The average molecular weight is 210 g/mol. The first-order valence-electron chi connectivity index (χ1n) is 4.27. The van der Waals surface area contributed by atoms with Gasteiger partial charge >= 0.3 is 11.3 Å². The molecule has 0 atom stereocenters. The summed E-state index contributed by atoms with van der Waals surface area (Å²) in [6, 6.07) is 6.29. The van der Waals surface area contributed by atoms with Crippen LogP contribution < -0.4 is 11.3 Å². The zero-order valence-electron chi connectivity index (χ0n) is 7.84. The number of hydrogen-bond donors (Lipinski definition) is 2. The Kier molecular flexibility index (Phi) is 3.96. The van der Waals surface area contributed by atoms with Crippen molar-refractivity contribution in [1.82, 2.24) is 0 Å². The van der Waals surface area contributed by atoms with Gasteiger partial charge in [-0.15, -0.1) is 0 Å². The Morgan fingerprint density at radius 2 is 1.20 bits per heavy atom. The predicted octanol–water partition coefficient (Wildman–Crippen LogP) is -0.438. The summed E-state index contributed by atoms with van der Waals surface area (Å²) in [4.78, 5) is 21.8. The molecule has 15 heavy (non-hydrogen) atoms. The SMILES string of the molecule is O=c1oc(=O)c2ccc1cc2.OCCO. The Labute approximate surface area is 84.6 Å². The van der Waals surface area contributed by atoms with Crippen molar-refractivity contribution in [3.05, 3.63) is 45.1 Å². The van der Waals surface area contributed by atoms with Crippen molar-refractivity contribution in [3.63, 3.8) is 0 Å². The molecule has 3 rings (SSSR count). The van der Waals surface area contributed by atoms with Crippen LogP contribution in [0.5, 0.6) is 0 Å². The second-order valence-electron chi connectivity index (χ2n) is 2.70. The molecule has 1 aromatic carbocycles. The summed E-state index contributed by atoms with van der Waals surface area (Å²) in [6.07, 6.45) is 0. The fourth-order valence-corrected chi connectivity index (χ4v) is 0.944. The molecule has 80 valence electrons. The maximum absolute atomic E-state index is 10.9. The summed E-state index contributed by atoms with van der Waals surface area (Å²) in [5.74, 6) is 0. The number of benzene rings is 1. The lowest BCUT2D eigenvalue weighted by molar-refractivity contribution is 0.186. The van der Waals surface area contributed by atoms with E-state index >= 15 is 0 Å². The highest BCUT2D eigenvalue weighted by Gasteiger charge is 1.98. The fourth-order valence-electron chi connectivity index (χ4n) is 0.944. The number of aliphatic hydroxyl groups excluding tert-OH is 2. The molecule has 5 heteroatoms. The molecule has 0 amide bonds. The minimum absolute atomic E-state index is 0.125. The molecule has 2 bridgehead atoms. The van der Waals surface area contributed by atoms with E-state index in [9.17, 15) is 9.59 Å². The van der Waals surface area contributed by atoms with Crippen LogP contribution in [0.1, 0.15) is 0 Å². The molecule has 0 saturated carbocycles. The quantitative estimate of drug-likeness (QED) is 0.666. The molecule has 0 aliphatic heterocycles. The molecule has 3 aromatic rings. The molecule has 2 N–H and O–H groups in total. The molecule has 0 saturated heterocycles. The van der Waals surface area contributed by atoms with Gasteiger partial charge < -0.3 is 14.6 Å². The molecular weight excluding hydrogens is 200 g/mol. The first-order valence-corrected chi connectivity index (χ1v) is 4.27. The van der Waals surface area contributed by atoms with Crippen LogP contribution in [-0.4, -0.2) is 23.4 Å². The van der Waals surface area contributed by atoms with E-state index < -0.39 is 11.3 Å². The fraction of sp³-hybridized carbons (Fsp3) is 0.200. The van der Waals surface area contributed by atoms with Gasteiger partial charge in [-0.25, -0.2) is 9.59 Å². The van der Waals surface area contributed by atoms with Gasteiger partial charge in [-0.2, -0.15) is 0 Å². The van der Waals surface area contributed by atoms with Gasteiger partial charge in [-0.3, -0.25) is 0 Å². The zero-order chi connectivity index (χ0) is 11.3. The minimum atomic E-state index is -0.574. The maximum Gasteiger partial charge on any atom is 0.346 e. The molecule has 0 unspecified atom stereocenters. The summed E-state index contributed by atoms with van der Waals surface area (Å²) in [5, 5.41) is 16.1. The minimum Gasteiger partial charge on any atom is -0.394 e. The molecule has 0 radical (unpaired) electrons. The van der Waals surface area contributed by atoms with Crippen LogP contribution in [0.4, 0.5) is 0 Å². The van der Waals surface area contributed by atoms with E-state index in [0.717, 1.165) is 0 Å². The van der Waals surface area contributed by atoms with E-state index in [4.69, 9.17) is 10.2 Å². The van der Waals surface area contributed by atoms with E-state index in [2.05, 4.69) is 4.42 Å². The summed E-state index contributed by atoms with van der Waals surface area (Å²) in [6.45, 7) is -0.250. The van der Waals surface area contributed by atoms with Gasteiger partial charge in [0.1, 0.15) is 0 Å². The topological polar surface area (TPSA) is 87.7 Å². The Hall–Kier alpha value is -1.72. The molecule has 5 nitrogen and oxygen atoms in total. The van der Waals surface area contributed by atoms with E-state index in [-0.39, 0.29) is 13.2 Å². The van der Waals surface area contributed by atoms with E-state index in [1.165, 1.54) is 0 Å². The van der Waals surface area contributed by atoms with Crippen molar-refractivity contribution in [3.8, 4) is 0 Å². The van der Waals surface area contributed by atoms with Gasteiger partial charge in [0, 0.05) is 0 Å². The third-order valence-electron chi connectivity index (χ3n) is 1.64. The monoisotopic (exact) mass is 210 g/mol. The average Bonchev–Trinajstić information content (AvgIpc) is 2.49. The molecule has 0 spiro atoms. The van der Waals surface area contributed by atoms with Crippen LogP contribution >= 0.6 is 0 Å². The molecule has 2 heterocycles. The second-order valence-corrected chi connectivity index (χ2v) is 2.70. The first-order chi connectivity index (χ1) is 7.19. The van der Waals surface area contributed by atoms with Crippen LogP contribution in [0.15, 0.2) is 38.3 Å². The highest BCUT2D eigenvalue weighted by molar-refractivity contribution is 5.61. The van der Waals surface area contributed by atoms with Gasteiger partial charge in [0.25, 0.3) is 0 Å². The maximum atomic E-state index is 10.9. The van der Waals surface area contributed by atoms with Gasteiger partial charge in [0.2, 0.25) is 0 Å². The van der Waals surface area contributed by atoms with Crippen molar-refractivity contribution in [2.75, 3.05) is 13.2 Å². The third-order valence-corrected chi connectivity index (χ3v) is 1.64. The summed E-state index contributed by atoms with van der Waals surface area (Å²) < 4.78 is 4.42. The first kappa shape index (κ1) is 11.4. The lowest BCUT2D eigenvalue weighted by Crippen LogP contribution is -2.02. The number of rotatable bonds is 1. The van der Waals surface area contributed by atoms with Crippen LogP contribution in [0.2, 0.25) is 0 Å². The van der Waals surface area contributed by atoms with Crippen LogP contribution in [-0.2, 0) is 0 Å². The van der Waals surface area contributed by atoms with Crippen LogP contribution in [0.3, 0.4) is 0 Å². The van der Waals surface area contributed by atoms with Gasteiger partial charge in [0.05, 0.1) is 24.0 Å². The van der Waals surface area contributed by atoms with Crippen LogP contribution in [0, 0.1) is 0 Å². The van der Waals surface area contributed by atoms with Crippen LogP contribution in [0.25, 0.3) is 10.8 Å². The Bertz CT molecular complexity index is 450. The molecule has 2 aromatic heterocycles. The lowest BCUT2D eigenvalue weighted by atomic mass is 10.2. The molecular formula is C10H10O5. The van der Waals surface area contributed by atoms with Crippen molar-refractivity contribution < 1.29 is 14.6 Å². The van der Waals surface area contributed by atoms with Crippen molar-refractivity contribution in [1.29, 1.82) is 0 Å². The van der Waals surface area contributed by atoms with Crippen molar-refractivity contribution >= 4 is 10.8 Å².